The number of methoxy groups -OCH3 is 3. The summed E-state index contributed by atoms with van der Waals surface area (Å²) in [7, 11) is 6.79. The predicted molar refractivity (Wildman–Crippen MR) is 114 cm³/mol. The van der Waals surface area contributed by atoms with Gasteiger partial charge >= 0.3 is 0 Å². The Kier molecular flexibility index (Phi) is 8.70. The first-order valence-electron chi connectivity index (χ1n) is 9.99. The van der Waals surface area contributed by atoms with E-state index in [2.05, 4.69) is 34.0 Å². The highest BCUT2D eigenvalue weighted by molar-refractivity contribution is 5.79. The number of piperazine rings is 1. The number of nitrogens with zero attached hydrogens (tertiary/aromatic N) is 3. The van der Waals surface area contributed by atoms with Crippen molar-refractivity contribution in [3.05, 3.63) is 17.7 Å². The molecule has 1 heterocycles. The molecule has 1 fully saturated rings. The Morgan fingerprint density at radius 1 is 1.04 bits per heavy atom. The van der Waals surface area contributed by atoms with Crippen molar-refractivity contribution in [2.24, 2.45) is 10.9 Å². The lowest BCUT2D eigenvalue weighted by molar-refractivity contribution is 0.172. The van der Waals surface area contributed by atoms with Crippen LogP contribution in [0.2, 0.25) is 0 Å². The Labute approximate surface area is 169 Å². The van der Waals surface area contributed by atoms with Crippen molar-refractivity contribution in [3.63, 3.8) is 0 Å². The van der Waals surface area contributed by atoms with Crippen LogP contribution in [0.3, 0.4) is 0 Å². The molecule has 28 heavy (non-hydrogen) atoms. The maximum Gasteiger partial charge on any atom is 0.203 e. The van der Waals surface area contributed by atoms with E-state index < -0.39 is 0 Å². The summed E-state index contributed by atoms with van der Waals surface area (Å²) in [5.41, 5.74) is 1.15. The van der Waals surface area contributed by atoms with Crippen LogP contribution in [0.15, 0.2) is 17.1 Å². The van der Waals surface area contributed by atoms with Gasteiger partial charge < -0.3 is 24.4 Å². The van der Waals surface area contributed by atoms with E-state index in [4.69, 9.17) is 14.2 Å². The molecule has 158 valence electrons. The molecule has 7 heteroatoms. The Morgan fingerprint density at radius 2 is 1.64 bits per heavy atom. The molecule has 0 aromatic heterocycles. The topological polar surface area (TPSA) is 58.6 Å². The molecule has 0 amide bonds. The standard InChI is InChI=1S/C21H36N4O3/c1-16(2)7-8-23-21(22-3)25-11-9-24(10-12-25)15-17-13-18(26-4)20(28-6)19(14-17)27-5/h13-14,16H,7-12,15H2,1-6H3,(H,22,23). The van der Waals surface area contributed by atoms with E-state index in [9.17, 15) is 0 Å². The normalized spacial score (nSPS) is 15.7. The SMILES string of the molecule is CN=C(NCCC(C)C)N1CCN(Cc2cc(OC)c(OC)c(OC)c2)CC1. The molecule has 0 saturated carbocycles. The maximum atomic E-state index is 5.47. The van der Waals surface area contributed by atoms with Gasteiger partial charge in [0.25, 0.3) is 0 Å². The molecule has 1 aliphatic rings. The molecule has 0 atom stereocenters. The Bertz CT molecular complexity index is 616. The van der Waals surface area contributed by atoms with Crippen LogP contribution in [0.1, 0.15) is 25.8 Å². The van der Waals surface area contributed by atoms with Crippen LogP contribution in [-0.4, -0.2) is 76.9 Å². The summed E-state index contributed by atoms with van der Waals surface area (Å²) in [6, 6.07) is 4.06. The molecule has 1 aromatic carbocycles. The number of rotatable bonds is 8. The quantitative estimate of drug-likeness (QED) is 0.542. The minimum atomic E-state index is 0.634. The Hall–Kier alpha value is -2.15. The molecule has 0 bridgehead atoms. The molecular weight excluding hydrogens is 356 g/mol. The highest BCUT2D eigenvalue weighted by Gasteiger charge is 2.21. The van der Waals surface area contributed by atoms with Crippen LogP contribution in [0.25, 0.3) is 0 Å². The third-order valence-electron chi connectivity index (χ3n) is 5.02. The zero-order chi connectivity index (χ0) is 20.5. The van der Waals surface area contributed by atoms with Crippen molar-refractivity contribution < 1.29 is 14.2 Å². The number of guanidine groups is 1. The molecule has 1 aliphatic heterocycles. The lowest BCUT2D eigenvalue weighted by Crippen LogP contribution is -2.52. The van der Waals surface area contributed by atoms with E-state index in [0.717, 1.165) is 57.2 Å². The zero-order valence-corrected chi connectivity index (χ0v) is 18.2. The summed E-state index contributed by atoms with van der Waals surface area (Å²) in [5, 5.41) is 3.49. The number of ether oxygens (including phenoxy) is 3. The van der Waals surface area contributed by atoms with E-state index in [1.807, 2.05) is 19.2 Å². The fraction of sp³-hybridized carbons (Fsp3) is 0.667. The summed E-state index contributed by atoms with van der Waals surface area (Å²) in [6.45, 7) is 10.2. The van der Waals surface area contributed by atoms with Gasteiger partial charge in [-0.2, -0.15) is 0 Å². The Balaban J connectivity index is 1.93. The average Bonchev–Trinajstić information content (AvgIpc) is 2.71. The molecule has 7 nitrogen and oxygen atoms in total. The van der Waals surface area contributed by atoms with Crippen LogP contribution >= 0.6 is 0 Å². The molecule has 0 aliphatic carbocycles. The summed E-state index contributed by atoms with van der Waals surface area (Å²) >= 11 is 0. The summed E-state index contributed by atoms with van der Waals surface area (Å²) in [6.07, 6.45) is 1.15. The molecule has 1 aromatic rings. The van der Waals surface area contributed by atoms with Gasteiger partial charge in [0, 0.05) is 46.3 Å². The largest absolute Gasteiger partial charge is 0.493 e. The second-order valence-electron chi connectivity index (χ2n) is 7.45. The molecule has 0 radical (unpaired) electrons. The number of benzene rings is 1. The lowest BCUT2D eigenvalue weighted by atomic mass is 10.1. The van der Waals surface area contributed by atoms with Crippen molar-refractivity contribution in [3.8, 4) is 17.2 Å². The van der Waals surface area contributed by atoms with Crippen molar-refractivity contribution in [1.29, 1.82) is 0 Å². The minimum Gasteiger partial charge on any atom is -0.493 e. The predicted octanol–water partition coefficient (Wildman–Crippen LogP) is 2.45. The van der Waals surface area contributed by atoms with Gasteiger partial charge in [-0.15, -0.1) is 0 Å². The van der Waals surface area contributed by atoms with Crippen LogP contribution in [0, 0.1) is 5.92 Å². The molecule has 0 spiro atoms. The van der Waals surface area contributed by atoms with Gasteiger partial charge in [-0.3, -0.25) is 9.89 Å². The molecule has 1 saturated heterocycles. The van der Waals surface area contributed by atoms with Gasteiger partial charge in [-0.1, -0.05) is 13.8 Å². The summed E-state index contributed by atoms with van der Waals surface area (Å²) < 4.78 is 16.4. The maximum absolute atomic E-state index is 5.47. The summed E-state index contributed by atoms with van der Waals surface area (Å²) in [4.78, 5) is 9.23. The van der Waals surface area contributed by atoms with Crippen molar-refractivity contribution >= 4 is 5.96 Å². The second-order valence-corrected chi connectivity index (χ2v) is 7.45. The number of hydrogen-bond acceptors (Lipinski definition) is 5. The average molecular weight is 393 g/mol. The summed E-state index contributed by atoms with van der Waals surface area (Å²) in [5.74, 6) is 3.74. The second kappa shape index (κ2) is 11.0. The van der Waals surface area contributed by atoms with E-state index in [1.54, 1.807) is 21.3 Å². The van der Waals surface area contributed by atoms with E-state index >= 15 is 0 Å². The molecule has 0 unspecified atom stereocenters. The first-order chi connectivity index (χ1) is 13.5. The van der Waals surface area contributed by atoms with Gasteiger partial charge in [-0.25, -0.2) is 0 Å². The van der Waals surface area contributed by atoms with Crippen molar-refractivity contribution in [2.45, 2.75) is 26.8 Å². The fourth-order valence-corrected chi connectivity index (χ4v) is 3.41. The van der Waals surface area contributed by atoms with Crippen LogP contribution in [0.4, 0.5) is 0 Å². The van der Waals surface area contributed by atoms with Gasteiger partial charge in [0.2, 0.25) is 5.75 Å². The highest BCUT2D eigenvalue weighted by Crippen LogP contribution is 2.38. The van der Waals surface area contributed by atoms with Crippen molar-refractivity contribution in [1.82, 2.24) is 15.1 Å². The first-order valence-corrected chi connectivity index (χ1v) is 9.99. The minimum absolute atomic E-state index is 0.634. The first kappa shape index (κ1) is 22.1. The third kappa shape index (κ3) is 5.92. The van der Waals surface area contributed by atoms with Gasteiger partial charge in [0.05, 0.1) is 21.3 Å². The third-order valence-corrected chi connectivity index (χ3v) is 5.02. The lowest BCUT2D eigenvalue weighted by Gasteiger charge is -2.36. The van der Waals surface area contributed by atoms with E-state index in [-0.39, 0.29) is 0 Å². The van der Waals surface area contributed by atoms with Gasteiger partial charge in [0.1, 0.15) is 0 Å². The Morgan fingerprint density at radius 3 is 2.11 bits per heavy atom. The monoisotopic (exact) mass is 392 g/mol. The van der Waals surface area contributed by atoms with Crippen LogP contribution in [-0.2, 0) is 6.54 Å². The molecular formula is C21H36N4O3. The zero-order valence-electron chi connectivity index (χ0n) is 18.2. The van der Waals surface area contributed by atoms with Crippen molar-refractivity contribution in [2.75, 3.05) is 61.1 Å². The molecule has 2 rings (SSSR count). The fourth-order valence-electron chi connectivity index (χ4n) is 3.41. The van der Waals surface area contributed by atoms with E-state index in [0.29, 0.717) is 23.2 Å². The number of hydrogen-bond donors (Lipinski definition) is 1. The van der Waals surface area contributed by atoms with E-state index in [1.165, 1.54) is 0 Å². The smallest absolute Gasteiger partial charge is 0.203 e. The van der Waals surface area contributed by atoms with Gasteiger partial charge in [-0.05, 0) is 30.0 Å². The van der Waals surface area contributed by atoms with Crippen LogP contribution in [0.5, 0.6) is 17.2 Å². The molecule has 1 N–H and O–H groups in total. The van der Waals surface area contributed by atoms with Crippen LogP contribution < -0.4 is 19.5 Å². The highest BCUT2D eigenvalue weighted by atomic mass is 16.5. The van der Waals surface area contributed by atoms with Gasteiger partial charge in [0.15, 0.2) is 17.5 Å². The number of aliphatic imine (C=N–C) groups is 1. The number of nitrogens with one attached hydrogen (secondary N) is 1.